The van der Waals surface area contributed by atoms with E-state index in [2.05, 4.69) is 28.4 Å². The second-order valence-corrected chi connectivity index (χ2v) is 20.0. The van der Waals surface area contributed by atoms with Gasteiger partial charge in [0, 0.05) is 19.0 Å². The standard InChI is InChI=1S/C50H79N3O17P2/c1-3-5-7-8-9-10-11-12-13-14-15-20-28-34-46(57)68-42(37-65-45(56)33-27-19-17-16-18-24-30-41(55)32-26-22-21-25-31-40(54)29-23-6-4-2)38-66-71(61,62)70-72(63,64)67-39-43-47(58)48(59)49(69-43)53-36-35-44(51)52-50(53)60/h6,10-11,17-19,21-26,31-32,35-36,40-43,47-49,54-55,58-59H,3-5,7-9,12-16,20,27-30,33-34,37-39H2,1-2H3,(H,61,62)(H,63,64)(H2,51,52,60)/b11-10-,19-17-,22-21-,23-6-,24-18-,31-25+,32-26+/t40-,41+,42-,43-,47-,48-,49-/m1/s1. The van der Waals surface area contributed by atoms with Crippen LogP contribution >= 0.6 is 15.6 Å². The zero-order valence-corrected chi connectivity index (χ0v) is 43.5. The number of phosphoric acid groups is 2. The maximum atomic E-state index is 12.8. The summed E-state index contributed by atoms with van der Waals surface area (Å²) in [6.07, 6.45) is 31.7. The lowest BCUT2D eigenvalue weighted by atomic mass is 10.1. The molecule has 1 aliphatic heterocycles. The molecule has 0 saturated carbocycles. The number of nitrogen functional groups attached to an aromatic ring is 1. The highest BCUT2D eigenvalue weighted by Crippen LogP contribution is 2.60. The Morgan fingerprint density at radius 3 is 2.00 bits per heavy atom. The molecule has 1 aromatic heterocycles. The fourth-order valence-electron chi connectivity index (χ4n) is 6.74. The molecule has 1 aliphatic rings. The zero-order chi connectivity index (χ0) is 53.0. The number of hydrogen-bond acceptors (Lipinski definition) is 17. The highest BCUT2D eigenvalue weighted by Gasteiger charge is 2.46. The second kappa shape index (κ2) is 37.6. The summed E-state index contributed by atoms with van der Waals surface area (Å²) in [7, 11) is -10.9. The van der Waals surface area contributed by atoms with Gasteiger partial charge in [-0.25, -0.2) is 13.9 Å². The lowest BCUT2D eigenvalue weighted by Crippen LogP contribution is -2.36. The maximum absolute atomic E-state index is 12.8. The Morgan fingerprint density at radius 2 is 1.35 bits per heavy atom. The number of aliphatic hydroxyl groups excluding tert-OH is 4. The minimum absolute atomic E-state index is 0.00247. The third-order valence-electron chi connectivity index (χ3n) is 10.6. The summed E-state index contributed by atoms with van der Waals surface area (Å²) < 4.78 is 56.5. The van der Waals surface area contributed by atoms with Crippen LogP contribution in [0, 0.1) is 0 Å². The van der Waals surface area contributed by atoms with Crippen LogP contribution < -0.4 is 11.4 Å². The number of phosphoric ester groups is 2. The zero-order valence-electron chi connectivity index (χ0n) is 41.7. The molecule has 1 aromatic rings. The van der Waals surface area contributed by atoms with Crippen molar-refractivity contribution in [3.05, 3.63) is 108 Å². The molecule has 0 aromatic carbocycles. The Morgan fingerprint density at radius 1 is 0.750 bits per heavy atom. The van der Waals surface area contributed by atoms with E-state index in [-0.39, 0.29) is 18.7 Å². The molecule has 0 bridgehead atoms. The first-order valence-corrected chi connectivity index (χ1v) is 27.8. The lowest BCUT2D eigenvalue weighted by molar-refractivity contribution is -0.161. The topological polar surface area (TPSA) is 306 Å². The van der Waals surface area contributed by atoms with Gasteiger partial charge in [-0.15, -0.1) is 0 Å². The molecule has 8 N–H and O–H groups in total. The van der Waals surface area contributed by atoms with Crippen LogP contribution in [0.25, 0.3) is 0 Å². The van der Waals surface area contributed by atoms with Crippen molar-refractivity contribution in [2.24, 2.45) is 0 Å². The van der Waals surface area contributed by atoms with E-state index in [1.165, 1.54) is 31.7 Å². The van der Waals surface area contributed by atoms with Crippen LogP contribution in [-0.4, -0.2) is 108 Å². The van der Waals surface area contributed by atoms with Crippen molar-refractivity contribution in [2.45, 2.75) is 172 Å². The van der Waals surface area contributed by atoms with Crippen LogP contribution in [-0.2, 0) is 46.3 Å². The predicted molar refractivity (Wildman–Crippen MR) is 273 cm³/mol. The number of ether oxygens (including phenoxy) is 3. The van der Waals surface area contributed by atoms with Gasteiger partial charge in [0.25, 0.3) is 0 Å². The molecule has 22 heteroatoms. The largest absolute Gasteiger partial charge is 0.481 e. The molecule has 0 spiro atoms. The van der Waals surface area contributed by atoms with Crippen LogP contribution in [0.2, 0.25) is 0 Å². The summed E-state index contributed by atoms with van der Waals surface area (Å²) in [6, 6.07) is 1.23. The molecule has 406 valence electrons. The molecule has 2 rings (SSSR count). The number of carbonyl (C=O) groups is 2. The first-order chi connectivity index (χ1) is 34.5. The summed E-state index contributed by atoms with van der Waals surface area (Å²) in [4.78, 5) is 61.8. The first kappa shape index (κ1) is 64.0. The molecular formula is C50H79N3O17P2. The molecular weight excluding hydrogens is 977 g/mol. The Balaban J connectivity index is 1.87. The predicted octanol–water partition coefficient (Wildman–Crippen LogP) is 7.83. The molecule has 2 unspecified atom stereocenters. The molecule has 0 radical (unpaired) electrons. The van der Waals surface area contributed by atoms with Crippen LogP contribution in [0.4, 0.5) is 5.82 Å². The van der Waals surface area contributed by atoms with Crippen LogP contribution in [0.3, 0.4) is 0 Å². The fourth-order valence-corrected chi connectivity index (χ4v) is 8.85. The van der Waals surface area contributed by atoms with E-state index < -0.39 is 95.9 Å². The number of anilines is 1. The van der Waals surface area contributed by atoms with Gasteiger partial charge in [0.2, 0.25) is 0 Å². The van der Waals surface area contributed by atoms with Gasteiger partial charge >= 0.3 is 33.3 Å². The van der Waals surface area contributed by atoms with E-state index in [1.807, 2.05) is 37.3 Å². The molecule has 2 heterocycles. The van der Waals surface area contributed by atoms with Gasteiger partial charge in [-0.1, -0.05) is 137 Å². The Hall–Kier alpha value is -4.14. The summed E-state index contributed by atoms with van der Waals surface area (Å²) in [5.41, 5.74) is 4.56. The number of allylic oxidation sites excluding steroid dienone is 10. The van der Waals surface area contributed by atoms with Crippen molar-refractivity contribution in [2.75, 3.05) is 25.6 Å². The molecule has 1 fully saturated rings. The molecule has 1 saturated heterocycles. The van der Waals surface area contributed by atoms with Crippen molar-refractivity contribution in [1.82, 2.24) is 9.55 Å². The Kier molecular flexibility index (Phi) is 33.4. The minimum Gasteiger partial charge on any atom is -0.462 e. The van der Waals surface area contributed by atoms with Crippen LogP contribution in [0.15, 0.2) is 102 Å². The van der Waals surface area contributed by atoms with Crippen molar-refractivity contribution in [3.8, 4) is 0 Å². The van der Waals surface area contributed by atoms with Gasteiger partial charge in [0.1, 0.15) is 30.7 Å². The van der Waals surface area contributed by atoms with Crippen molar-refractivity contribution in [1.29, 1.82) is 0 Å². The van der Waals surface area contributed by atoms with Crippen molar-refractivity contribution in [3.63, 3.8) is 0 Å². The number of hydrogen-bond donors (Lipinski definition) is 7. The van der Waals surface area contributed by atoms with Crippen LogP contribution in [0.5, 0.6) is 0 Å². The maximum Gasteiger partial charge on any atom is 0.481 e. The van der Waals surface area contributed by atoms with Crippen molar-refractivity contribution < 1.29 is 76.5 Å². The SMILES string of the molecule is CC/C=C\C[C@@H](O)/C=C/C=C\C=C\[C@@H](O)C/C=C\C/C=C\CCC(=O)OC[C@H](COP(=O)(O)OP(=O)(O)OC[C@H]1O[C@@H](n2ccc(N)nc2=O)[C@H](O)[C@@H]1O)OC(=O)CCCCCCC/C=C\CCCCCC. The van der Waals surface area contributed by atoms with Crippen molar-refractivity contribution >= 4 is 33.4 Å². The number of esters is 2. The average Bonchev–Trinajstić information content (AvgIpc) is 3.61. The normalized spacial score (nSPS) is 20.7. The number of nitrogens with zero attached hydrogens (tertiary/aromatic N) is 2. The van der Waals surface area contributed by atoms with Gasteiger partial charge in [0.05, 0.1) is 25.4 Å². The molecule has 0 amide bonds. The third-order valence-corrected chi connectivity index (χ3v) is 13.2. The van der Waals surface area contributed by atoms with E-state index in [9.17, 15) is 53.7 Å². The summed E-state index contributed by atoms with van der Waals surface area (Å²) in [6.45, 7) is 1.75. The summed E-state index contributed by atoms with van der Waals surface area (Å²) in [5.74, 6) is -1.49. The van der Waals surface area contributed by atoms with Gasteiger partial charge < -0.3 is 50.2 Å². The number of rotatable bonds is 39. The van der Waals surface area contributed by atoms with E-state index >= 15 is 0 Å². The fraction of sp³-hybridized carbons (Fsp3) is 0.600. The van der Waals surface area contributed by atoms with Gasteiger partial charge in [-0.3, -0.25) is 23.2 Å². The first-order valence-electron chi connectivity index (χ1n) is 24.8. The summed E-state index contributed by atoms with van der Waals surface area (Å²) >= 11 is 0. The summed E-state index contributed by atoms with van der Waals surface area (Å²) in [5, 5.41) is 40.9. The lowest BCUT2D eigenvalue weighted by Gasteiger charge is -2.21. The van der Waals surface area contributed by atoms with E-state index in [0.717, 1.165) is 55.7 Å². The number of carbonyl (C=O) groups excluding carboxylic acids is 2. The monoisotopic (exact) mass is 1060 g/mol. The Bertz CT molecular complexity index is 2070. The molecule has 20 nitrogen and oxygen atoms in total. The van der Waals surface area contributed by atoms with Crippen LogP contribution in [0.1, 0.15) is 136 Å². The number of aliphatic hydroxyl groups is 4. The van der Waals surface area contributed by atoms with Gasteiger partial charge in [-0.05, 0) is 70.3 Å². The minimum atomic E-state index is -5.46. The number of aromatic nitrogens is 2. The second-order valence-electron chi connectivity index (χ2n) is 17.0. The molecule has 72 heavy (non-hydrogen) atoms. The van der Waals surface area contributed by atoms with Gasteiger partial charge in [-0.2, -0.15) is 9.29 Å². The molecule has 0 aliphatic carbocycles. The van der Waals surface area contributed by atoms with E-state index in [1.54, 1.807) is 42.5 Å². The third kappa shape index (κ3) is 30.2. The molecule has 9 atom stereocenters. The highest BCUT2D eigenvalue weighted by molar-refractivity contribution is 7.61. The average molecular weight is 1060 g/mol. The highest BCUT2D eigenvalue weighted by atomic mass is 31.3. The van der Waals surface area contributed by atoms with E-state index in [0.29, 0.717) is 32.1 Å². The van der Waals surface area contributed by atoms with E-state index in [4.69, 9.17) is 29.0 Å². The Labute approximate surface area is 423 Å². The smallest absolute Gasteiger partial charge is 0.462 e. The quantitative estimate of drug-likeness (QED) is 0.0109. The number of nitrogens with two attached hydrogens (primary N) is 1. The van der Waals surface area contributed by atoms with Gasteiger partial charge in [0.15, 0.2) is 12.3 Å². The number of unbranched alkanes of at least 4 members (excludes halogenated alkanes) is 9.